The van der Waals surface area contributed by atoms with Gasteiger partial charge in [-0.1, -0.05) is 19.1 Å². The second kappa shape index (κ2) is 7.15. The fourth-order valence-electron chi connectivity index (χ4n) is 2.34. The number of nitrogens with one attached hydrogen (secondary N) is 1. The van der Waals surface area contributed by atoms with Gasteiger partial charge >= 0.3 is 0 Å². The Morgan fingerprint density at radius 2 is 1.95 bits per heavy atom. The van der Waals surface area contributed by atoms with E-state index in [-0.39, 0.29) is 0 Å². The molecule has 3 heteroatoms. The molecule has 0 aliphatic heterocycles. The number of benzene rings is 1. The lowest BCUT2D eigenvalue weighted by Gasteiger charge is -2.16. The Bertz CT molecular complexity index is 516. The smallest absolute Gasteiger partial charge is 0.118 e. The Morgan fingerprint density at radius 1 is 1.20 bits per heavy atom. The first-order chi connectivity index (χ1) is 9.74. The molecule has 20 heavy (non-hydrogen) atoms. The molecular formula is C17H24N2O. The normalized spacial score (nSPS) is 12.3. The number of aryl methyl sites for hydroxylation is 1. The third-order valence-corrected chi connectivity index (χ3v) is 3.59. The summed E-state index contributed by atoms with van der Waals surface area (Å²) < 4.78 is 7.50. The highest BCUT2D eigenvalue weighted by molar-refractivity contribution is 5.28. The van der Waals surface area contributed by atoms with Gasteiger partial charge in [0.05, 0.1) is 7.11 Å². The standard InChI is InChI=1S/C17H24N2O/c1-4-11-19-12-5-6-16(19)13-18-14(2)15-7-9-17(20-3)10-8-15/h5-10,12,14,18H,4,11,13H2,1-3H3. The van der Waals surface area contributed by atoms with Crippen LogP contribution in [0.5, 0.6) is 5.75 Å². The first-order valence-electron chi connectivity index (χ1n) is 7.26. The molecule has 0 aliphatic carbocycles. The van der Waals surface area contributed by atoms with E-state index in [1.165, 1.54) is 11.3 Å². The maximum absolute atomic E-state index is 5.19. The lowest BCUT2D eigenvalue weighted by molar-refractivity contribution is 0.414. The highest BCUT2D eigenvalue weighted by atomic mass is 16.5. The van der Waals surface area contributed by atoms with Crippen molar-refractivity contribution in [3.05, 3.63) is 53.9 Å². The number of hydrogen-bond donors (Lipinski definition) is 1. The molecule has 2 aromatic rings. The molecule has 1 atom stereocenters. The first kappa shape index (κ1) is 14.7. The van der Waals surface area contributed by atoms with Crippen molar-refractivity contribution in [1.29, 1.82) is 0 Å². The van der Waals surface area contributed by atoms with E-state index in [2.05, 4.69) is 54.2 Å². The van der Waals surface area contributed by atoms with Gasteiger partial charge in [-0.2, -0.15) is 0 Å². The average molecular weight is 272 g/mol. The molecule has 1 aromatic carbocycles. The second-order valence-corrected chi connectivity index (χ2v) is 5.07. The van der Waals surface area contributed by atoms with E-state index in [0.717, 1.165) is 25.3 Å². The van der Waals surface area contributed by atoms with E-state index in [9.17, 15) is 0 Å². The number of ether oxygens (including phenoxy) is 1. The van der Waals surface area contributed by atoms with Crippen molar-refractivity contribution in [3.8, 4) is 5.75 Å². The van der Waals surface area contributed by atoms with Crippen molar-refractivity contribution < 1.29 is 4.74 Å². The summed E-state index contributed by atoms with van der Waals surface area (Å²) in [4.78, 5) is 0. The highest BCUT2D eigenvalue weighted by Gasteiger charge is 2.06. The van der Waals surface area contributed by atoms with Crippen LogP contribution in [0.25, 0.3) is 0 Å². The quantitative estimate of drug-likeness (QED) is 0.830. The molecule has 1 unspecified atom stereocenters. The molecule has 0 saturated heterocycles. The number of nitrogens with zero attached hydrogens (tertiary/aromatic N) is 1. The molecular weight excluding hydrogens is 248 g/mol. The predicted molar refractivity (Wildman–Crippen MR) is 83.0 cm³/mol. The van der Waals surface area contributed by atoms with Crippen molar-refractivity contribution in [3.63, 3.8) is 0 Å². The molecule has 0 bridgehead atoms. The molecule has 0 aliphatic rings. The molecule has 1 heterocycles. The first-order valence-corrected chi connectivity index (χ1v) is 7.26. The van der Waals surface area contributed by atoms with Gasteiger partial charge < -0.3 is 14.6 Å². The fraction of sp³-hybridized carbons (Fsp3) is 0.412. The minimum atomic E-state index is 0.325. The summed E-state index contributed by atoms with van der Waals surface area (Å²) >= 11 is 0. The van der Waals surface area contributed by atoms with Gasteiger partial charge in [-0.3, -0.25) is 0 Å². The molecule has 1 N–H and O–H groups in total. The Morgan fingerprint density at radius 3 is 2.60 bits per heavy atom. The summed E-state index contributed by atoms with van der Waals surface area (Å²) in [6, 6.07) is 12.9. The predicted octanol–water partition coefficient (Wildman–Crippen LogP) is 3.76. The summed E-state index contributed by atoms with van der Waals surface area (Å²) in [7, 11) is 1.69. The molecule has 1 aromatic heterocycles. The summed E-state index contributed by atoms with van der Waals surface area (Å²) in [6.07, 6.45) is 3.31. The summed E-state index contributed by atoms with van der Waals surface area (Å²) in [5.41, 5.74) is 2.62. The monoisotopic (exact) mass is 272 g/mol. The van der Waals surface area contributed by atoms with Crippen molar-refractivity contribution in [1.82, 2.24) is 9.88 Å². The van der Waals surface area contributed by atoms with Gasteiger partial charge in [0.1, 0.15) is 5.75 Å². The molecule has 0 spiro atoms. The summed E-state index contributed by atoms with van der Waals surface area (Å²) in [5, 5.41) is 3.58. The zero-order valence-corrected chi connectivity index (χ0v) is 12.6. The fourth-order valence-corrected chi connectivity index (χ4v) is 2.34. The van der Waals surface area contributed by atoms with Crippen LogP contribution in [0.3, 0.4) is 0 Å². The van der Waals surface area contributed by atoms with E-state index >= 15 is 0 Å². The van der Waals surface area contributed by atoms with Crippen LogP contribution in [0.1, 0.15) is 37.6 Å². The third-order valence-electron chi connectivity index (χ3n) is 3.59. The van der Waals surface area contributed by atoms with Crippen LogP contribution < -0.4 is 10.1 Å². The van der Waals surface area contributed by atoms with Crippen LogP contribution in [0.2, 0.25) is 0 Å². The largest absolute Gasteiger partial charge is 0.497 e. The zero-order valence-electron chi connectivity index (χ0n) is 12.6. The van der Waals surface area contributed by atoms with Crippen LogP contribution in [-0.4, -0.2) is 11.7 Å². The van der Waals surface area contributed by atoms with Gasteiger partial charge in [-0.25, -0.2) is 0 Å². The van der Waals surface area contributed by atoms with Gasteiger partial charge in [0.25, 0.3) is 0 Å². The Hall–Kier alpha value is -1.74. The molecule has 0 amide bonds. The van der Waals surface area contributed by atoms with Gasteiger partial charge in [0, 0.05) is 31.0 Å². The number of aromatic nitrogens is 1. The molecule has 3 nitrogen and oxygen atoms in total. The van der Waals surface area contributed by atoms with Gasteiger partial charge in [0.2, 0.25) is 0 Å². The topological polar surface area (TPSA) is 26.2 Å². The van der Waals surface area contributed by atoms with Crippen molar-refractivity contribution in [2.24, 2.45) is 0 Å². The van der Waals surface area contributed by atoms with Crippen molar-refractivity contribution in [2.45, 2.75) is 39.4 Å². The summed E-state index contributed by atoms with van der Waals surface area (Å²) in [6.45, 7) is 6.37. The Kier molecular flexibility index (Phi) is 5.24. The van der Waals surface area contributed by atoms with Crippen LogP contribution in [0.4, 0.5) is 0 Å². The average Bonchev–Trinajstić information content (AvgIpc) is 2.92. The summed E-state index contributed by atoms with van der Waals surface area (Å²) in [5.74, 6) is 0.901. The zero-order chi connectivity index (χ0) is 14.4. The highest BCUT2D eigenvalue weighted by Crippen LogP contribution is 2.17. The molecule has 2 rings (SSSR count). The van der Waals surface area contributed by atoms with Crippen molar-refractivity contribution >= 4 is 0 Å². The van der Waals surface area contributed by atoms with Crippen LogP contribution in [0.15, 0.2) is 42.6 Å². The lowest BCUT2D eigenvalue weighted by Crippen LogP contribution is -2.20. The van der Waals surface area contributed by atoms with E-state index in [4.69, 9.17) is 4.74 Å². The molecule has 0 radical (unpaired) electrons. The number of hydrogen-bond acceptors (Lipinski definition) is 2. The lowest BCUT2D eigenvalue weighted by atomic mass is 10.1. The SMILES string of the molecule is CCCn1cccc1CNC(C)c1ccc(OC)cc1. The van der Waals surface area contributed by atoms with Crippen molar-refractivity contribution in [2.75, 3.05) is 7.11 Å². The molecule has 0 fully saturated rings. The minimum Gasteiger partial charge on any atom is -0.497 e. The van der Waals surface area contributed by atoms with Gasteiger partial charge in [-0.15, -0.1) is 0 Å². The number of methoxy groups -OCH3 is 1. The second-order valence-electron chi connectivity index (χ2n) is 5.07. The van der Waals surface area contributed by atoms with E-state index in [1.54, 1.807) is 7.11 Å². The van der Waals surface area contributed by atoms with E-state index < -0.39 is 0 Å². The Labute approximate surface area is 121 Å². The maximum Gasteiger partial charge on any atom is 0.118 e. The Balaban J connectivity index is 1.93. The third kappa shape index (κ3) is 3.64. The van der Waals surface area contributed by atoms with Gasteiger partial charge in [-0.05, 0) is 43.2 Å². The van der Waals surface area contributed by atoms with E-state index in [0.29, 0.717) is 6.04 Å². The van der Waals surface area contributed by atoms with Crippen LogP contribution >= 0.6 is 0 Å². The molecule has 108 valence electrons. The minimum absolute atomic E-state index is 0.325. The molecule has 0 saturated carbocycles. The van der Waals surface area contributed by atoms with Crippen LogP contribution in [0, 0.1) is 0 Å². The van der Waals surface area contributed by atoms with Gasteiger partial charge in [0.15, 0.2) is 0 Å². The number of rotatable bonds is 7. The van der Waals surface area contributed by atoms with Crippen LogP contribution in [-0.2, 0) is 13.1 Å². The van der Waals surface area contributed by atoms with E-state index in [1.807, 2.05) is 12.1 Å². The maximum atomic E-state index is 5.19.